The predicted octanol–water partition coefficient (Wildman–Crippen LogP) is 1.84. The van der Waals surface area contributed by atoms with Gasteiger partial charge < -0.3 is 14.4 Å². The topological polar surface area (TPSA) is 80.9 Å². The van der Waals surface area contributed by atoms with Crippen molar-refractivity contribution in [3.8, 4) is 0 Å². The molecule has 0 radical (unpaired) electrons. The van der Waals surface area contributed by atoms with E-state index in [9.17, 15) is 4.79 Å². The SMILES string of the molecule is COCCCN1CCOC2(CCN(Cc3cccc4nonc34)CC2)CC1=O. The number of aromatic nitrogens is 2. The number of amides is 1. The van der Waals surface area contributed by atoms with E-state index in [0.717, 1.165) is 62.0 Å². The number of likely N-dealkylation sites (tertiary alicyclic amines) is 1. The molecule has 28 heavy (non-hydrogen) atoms. The Morgan fingerprint density at radius 1 is 1.21 bits per heavy atom. The van der Waals surface area contributed by atoms with Crippen LogP contribution >= 0.6 is 0 Å². The molecule has 0 atom stereocenters. The molecule has 2 aromatic rings. The van der Waals surface area contributed by atoms with Crippen molar-refractivity contribution in [3.05, 3.63) is 23.8 Å². The van der Waals surface area contributed by atoms with Crippen molar-refractivity contribution >= 4 is 16.9 Å². The molecule has 1 aromatic carbocycles. The maximum absolute atomic E-state index is 12.7. The molecule has 0 N–H and O–H groups in total. The third-order valence-electron chi connectivity index (χ3n) is 5.90. The van der Waals surface area contributed by atoms with Gasteiger partial charge in [0.25, 0.3) is 0 Å². The highest BCUT2D eigenvalue weighted by Gasteiger charge is 2.40. The van der Waals surface area contributed by atoms with Gasteiger partial charge in [0, 0.05) is 46.4 Å². The summed E-state index contributed by atoms with van der Waals surface area (Å²) in [6.07, 6.45) is 3.09. The average molecular weight is 388 g/mol. The summed E-state index contributed by atoms with van der Waals surface area (Å²) in [6, 6.07) is 5.96. The number of ether oxygens (including phenoxy) is 2. The van der Waals surface area contributed by atoms with Crippen molar-refractivity contribution in [2.75, 3.05) is 46.5 Å². The van der Waals surface area contributed by atoms with E-state index in [1.54, 1.807) is 7.11 Å². The van der Waals surface area contributed by atoms with Crippen molar-refractivity contribution < 1.29 is 18.9 Å². The molecule has 2 fully saturated rings. The Hall–Kier alpha value is -2.03. The van der Waals surface area contributed by atoms with Gasteiger partial charge in [0.05, 0.1) is 18.6 Å². The van der Waals surface area contributed by atoms with Crippen LogP contribution in [0.15, 0.2) is 22.8 Å². The standard InChI is InChI=1S/C20H28N4O4/c1-26-12-3-8-24-11-13-27-20(14-18(24)25)6-9-23(10-7-20)15-16-4-2-5-17-19(16)22-28-21-17/h2,4-5H,3,6-15H2,1H3. The van der Waals surface area contributed by atoms with Crippen molar-refractivity contribution in [1.29, 1.82) is 0 Å². The van der Waals surface area contributed by atoms with Gasteiger partial charge >= 0.3 is 0 Å². The third kappa shape index (κ3) is 4.19. The quantitative estimate of drug-likeness (QED) is 0.699. The van der Waals surface area contributed by atoms with E-state index in [1.807, 2.05) is 17.0 Å². The van der Waals surface area contributed by atoms with Gasteiger partial charge in [0.1, 0.15) is 11.0 Å². The number of hydrogen-bond donors (Lipinski definition) is 0. The maximum Gasteiger partial charge on any atom is 0.225 e. The van der Waals surface area contributed by atoms with Crippen molar-refractivity contribution in [2.45, 2.75) is 37.8 Å². The van der Waals surface area contributed by atoms with Crippen LogP contribution in [0.3, 0.4) is 0 Å². The zero-order chi connectivity index (χ0) is 19.4. The van der Waals surface area contributed by atoms with Gasteiger partial charge in [-0.2, -0.15) is 0 Å². The molecule has 3 heterocycles. The number of fused-ring (bicyclic) bond motifs is 1. The zero-order valence-electron chi connectivity index (χ0n) is 16.4. The number of hydrogen-bond acceptors (Lipinski definition) is 7. The second-order valence-corrected chi connectivity index (χ2v) is 7.76. The number of carbonyl (C=O) groups excluding carboxylic acids is 1. The normalized spacial score (nSPS) is 20.8. The molecule has 1 aromatic heterocycles. The van der Waals surface area contributed by atoms with Crippen LogP contribution in [-0.4, -0.2) is 78.1 Å². The van der Waals surface area contributed by atoms with E-state index in [2.05, 4.69) is 21.3 Å². The van der Waals surface area contributed by atoms with Gasteiger partial charge in [-0.3, -0.25) is 9.69 Å². The fourth-order valence-corrected chi connectivity index (χ4v) is 4.24. The minimum absolute atomic E-state index is 0.209. The van der Waals surface area contributed by atoms with Gasteiger partial charge in [0.2, 0.25) is 5.91 Å². The predicted molar refractivity (Wildman–Crippen MR) is 103 cm³/mol. The smallest absolute Gasteiger partial charge is 0.225 e. The van der Waals surface area contributed by atoms with E-state index >= 15 is 0 Å². The Balaban J connectivity index is 1.34. The summed E-state index contributed by atoms with van der Waals surface area (Å²) in [5.74, 6) is 0.209. The van der Waals surface area contributed by atoms with Crippen LogP contribution < -0.4 is 0 Å². The van der Waals surface area contributed by atoms with E-state index in [1.165, 1.54) is 0 Å². The first-order chi connectivity index (χ1) is 13.7. The Kier molecular flexibility index (Phi) is 5.89. The lowest BCUT2D eigenvalue weighted by molar-refractivity contribution is -0.135. The van der Waals surface area contributed by atoms with Crippen LogP contribution in [0.2, 0.25) is 0 Å². The largest absolute Gasteiger partial charge is 0.385 e. The molecular weight excluding hydrogens is 360 g/mol. The molecule has 2 saturated heterocycles. The second-order valence-electron chi connectivity index (χ2n) is 7.76. The first-order valence-electron chi connectivity index (χ1n) is 10.0. The number of carbonyl (C=O) groups is 1. The highest BCUT2D eigenvalue weighted by atomic mass is 16.6. The monoisotopic (exact) mass is 388 g/mol. The van der Waals surface area contributed by atoms with Crippen LogP contribution in [0.4, 0.5) is 0 Å². The average Bonchev–Trinajstić information content (AvgIpc) is 3.13. The molecule has 8 heteroatoms. The maximum atomic E-state index is 12.7. The summed E-state index contributed by atoms with van der Waals surface area (Å²) in [5, 5.41) is 7.95. The molecule has 152 valence electrons. The summed E-state index contributed by atoms with van der Waals surface area (Å²) in [4.78, 5) is 17.1. The van der Waals surface area contributed by atoms with Crippen LogP contribution in [0.5, 0.6) is 0 Å². The number of methoxy groups -OCH3 is 1. The molecule has 0 aliphatic carbocycles. The minimum atomic E-state index is -0.314. The van der Waals surface area contributed by atoms with Gasteiger partial charge in [-0.25, -0.2) is 4.63 Å². The van der Waals surface area contributed by atoms with E-state index in [4.69, 9.17) is 14.1 Å². The van der Waals surface area contributed by atoms with Gasteiger partial charge in [-0.1, -0.05) is 12.1 Å². The molecule has 0 saturated carbocycles. The van der Waals surface area contributed by atoms with Gasteiger partial charge in [-0.05, 0) is 41.2 Å². The molecule has 0 bridgehead atoms. The van der Waals surface area contributed by atoms with Crippen LogP contribution in [0, 0.1) is 0 Å². The van der Waals surface area contributed by atoms with E-state index in [-0.39, 0.29) is 11.5 Å². The Morgan fingerprint density at radius 2 is 2.07 bits per heavy atom. The Bertz CT molecular complexity index is 800. The summed E-state index contributed by atoms with van der Waals surface area (Å²) in [5.41, 5.74) is 2.43. The zero-order valence-corrected chi connectivity index (χ0v) is 16.4. The molecule has 1 spiro atoms. The highest BCUT2D eigenvalue weighted by Crippen LogP contribution is 2.33. The number of benzene rings is 1. The lowest BCUT2D eigenvalue weighted by Gasteiger charge is -2.40. The fraction of sp³-hybridized carbons (Fsp3) is 0.650. The first kappa shape index (κ1) is 19.3. The summed E-state index contributed by atoms with van der Waals surface area (Å²) >= 11 is 0. The lowest BCUT2D eigenvalue weighted by atomic mass is 9.87. The van der Waals surface area contributed by atoms with Crippen LogP contribution in [0.25, 0.3) is 11.0 Å². The summed E-state index contributed by atoms with van der Waals surface area (Å²) in [6.45, 7) is 5.32. The number of piperidine rings is 1. The number of rotatable bonds is 6. The lowest BCUT2D eigenvalue weighted by Crippen LogP contribution is -2.47. The van der Waals surface area contributed by atoms with Gasteiger partial charge in [0.15, 0.2) is 0 Å². The van der Waals surface area contributed by atoms with Crippen LogP contribution in [0.1, 0.15) is 31.2 Å². The highest BCUT2D eigenvalue weighted by molar-refractivity contribution is 5.78. The molecule has 4 rings (SSSR count). The third-order valence-corrected chi connectivity index (χ3v) is 5.90. The van der Waals surface area contributed by atoms with E-state index in [0.29, 0.717) is 26.2 Å². The fourth-order valence-electron chi connectivity index (χ4n) is 4.24. The van der Waals surface area contributed by atoms with E-state index < -0.39 is 0 Å². The summed E-state index contributed by atoms with van der Waals surface area (Å²) < 4.78 is 16.2. The summed E-state index contributed by atoms with van der Waals surface area (Å²) in [7, 11) is 1.69. The van der Waals surface area contributed by atoms with Gasteiger partial charge in [-0.15, -0.1) is 0 Å². The second kappa shape index (κ2) is 8.55. The van der Waals surface area contributed by atoms with Crippen molar-refractivity contribution in [3.63, 3.8) is 0 Å². The molecule has 1 amide bonds. The molecule has 2 aliphatic heterocycles. The first-order valence-corrected chi connectivity index (χ1v) is 10.0. The Morgan fingerprint density at radius 3 is 2.89 bits per heavy atom. The number of nitrogens with zero attached hydrogens (tertiary/aromatic N) is 4. The van der Waals surface area contributed by atoms with Crippen LogP contribution in [-0.2, 0) is 20.8 Å². The Labute approximate surface area is 164 Å². The minimum Gasteiger partial charge on any atom is -0.385 e. The molecule has 0 unspecified atom stereocenters. The molecule has 8 nitrogen and oxygen atoms in total. The van der Waals surface area contributed by atoms with Crippen molar-refractivity contribution in [2.24, 2.45) is 0 Å². The molecular formula is C20H28N4O4. The molecule has 2 aliphatic rings. The van der Waals surface area contributed by atoms with Crippen molar-refractivity contribution in [1.82, 2.24) is 20.1 Å².